The third-order valence-electron chi connectivity index (χ3n) is 4.22. The van der Waals surface area contributed by atoms with Gasteiger partial charge < -0.3 is 4.74 Å². The first-order chi connectivity index (χ1) is 6.79. The van der Waals surface area contributed by atoms with E-state index in [9.17, 15) is 0 Å². The molecule has 1 heterocycles. The van der Waals surface area contributed by atoms with Crippen LogP contribution in [0.5, 0.6) is 0 Å². The number of hydrogen-bond acceptors (Lipinski definition) is 2. The van der Waals surface area contributed by atoms with E-state index in [0.717, 1.165) is 13.2 Å². The number of nitrogens with zero attached hydrogens (tertiary/aromatic N) is 1. The summed E-state index contributed by atoms with van der Waals surface area (Å²) in [6.45, 7) is 7.81. The molecule has 1 spiro atoms. The summed E-state index contributed by atoms with van der Waals surface area (Å²) in [7, 11) is 0. The Morgan fingerprint density at radius 3 is 2.64 bits per heavy atom. The molecule has 2 heteroatoms. The molecule has 0 N–H and O–H groups in total. The Balaban J connectivity index is 2.15. The normalized spacial score (nSPS) is 33.4. The average molecular weight is 197 g/mol. The van der Waals surface area contributed by atoms with Crippen LogP contribution in [-0.2, 0) is 4.74 Å². The summed E-state index contributed by atoms with van der Waals surface area (Å²) in [4.78, 5) is 2.67. The molecule has 2 aliphatic rings. The lowest BCUT2D eigenvalue weighted by atomic mass is 9.76. The lowest BCUT2D eigenvalue weighted by molar-refractivity contribution is -0.132. The van der Waals surface area contributed by atoms with E-state index in [0.29, 0.717) is 11.6 Å². The zero-order valence-electron chi connectivity index (χ0n) is 9.59. The number of ether oxygens (including phenoxy) is 1. The maximum Gasteiger partial charge on any atom is 0.0731 e. The van der Waals surface area contributed by atoms with Gasteiger partial charge in [-0.3, -0.25) is 4.90 Å². The van der Waals surface area contributed by atoms with Crippen LogP contribution in [0.4, 0.5) is 0 Å². The van der Waals surface area contributed by atoms with Gasteiger partial charge in [0, 0.05) is 12.1 Å². The van der Waals surface area contributed by atoms with E-state index in [1.807, 2.05) is 0 Å². The van der Waals surface area contributed by atoms with Crippen LogP contribution in [0, 0.1) is 0 Å². The first kappa shape index (κ1) is 10.4. The summed E-state index contributed by atoms with van der Waals surface area (Å²) in [6.07, 6.45) is 7.35. The number of hydrogen-bond donors (Lipinski definition) is 0. The Hall–Kier alpha value is -0.0800. The second-order valence-corrected chi connectivity index (χ2v) is 4.76. The summed E-state index contributed by atoms with van der Waals surface area (Å²) >= 11 is 0. The minimum absolute atomic E-state index is 0.394. The molecule has 1 saturated carbocycles. The van der Waals surface area contributed by atoms with Gasteiger partial charge in [-0.05, 0) is 26.3 Å². The standard InChI is InChI=1S/C12H23NO/c1-3-13-9-10-14-11(2)12(13)7-5-4-6-8-12/h11H,3-10H2,1-2H3. The number of likely N-dealkylation sites (N-methyl/N-ethyl adjacent to an activating group) is 1. The zero-order valence-corrected chi connectivity index (χ0v) is 9.59. The molecule has 1 atom stereocenters. The van der Waals surface area contributed by atoms with Gasteiger partial charge in [-0.1, -0.05) is 26.2 Å². The van der Waals surface area contributed by atoms with E-state index in [4.69, 9.17) is 4.74 Å². The van der Waals surface area contributed by atoms with Gasteiger partial charge in [0.05, 0.1) is 12.7 Å². The molecular weight excluding hydrogens is 174 g/mol. The summed E-state index contributed by atoms with van der Waals surface area (Å²) in [6, 6.07) is 0. The smallest absolute Gasteiger partial charge is 0.0731 e. The number of rotatable bonds is 1. The molecule has 0 bridgehead atoms. The molecule has 1 aliphatic heterocycles. The Morgan fingerprint density at radius 2 is 2.00 bits per heavy atom. The SMILES string of the molecule is CCN1CCOC(C)C12CCCCC2. The molecule has 2 rings (SSSR count). The highest BCUT2D eigenvalue weighted by Crippen LogP contribution is 2.39. The van der Waals surface area contributed by atoms with Crippen LogP contribution in [0.1, 0.15) is 46.0 Å². The Bertz CT molecular complexity index is 187. The fraction of sp³-hybridized carbons (Fsp3) is 1.00. The zero-order chi connectivity index (χ0) is 10.0. The predicted molar refractivity (Wildman–Crippen MR) is 58.5 cm³/mol. The maximum absolute atomic E-state index is 5.86. The molecule has 2 nitrogen and oxygen atoms in total. The fourth-order valence-corrected chi connectivity index (χ4v) is 3.33. The first-order valence-corrected chi connectivity index (χ1v) is 6.16. The molecule has 0 amide bonds. The molecule has 2 fully saturated rings. The van der Waals surface area contributed by atoms with Gasteiger partial charge >= 0.3 is 0 Å². The topological polar surface area (TPSA) is 12.5 Å². The fourth-order valence-electron chi connectivity index (χ4n) is 3.33. The molecule has 82 valence electrons. The van der Waals surface area contributed by atoms with E-state index in [1.54, 1.807) is 0 Å². The van der Waals surface area contributed by atoms with Gasteiger partial charge in [0.2, 0.25) is 0 Å². The van der Waals surface area contributed by atoms with Gasteiger partial charge in [-0.2, -0.15) is 0 Å². The van der Waals surface area contributed by atoms with Crippen LogP contribution in [0.15, 0.2) is 0 Å². The molecule has 1 saturated heterocycles. The van der Waals surface area contributed by atoms with Crippen molar-refractivity contribution in [2.75, 3.05) is 19.7 Å². The third kappa shape index (κ3) is 1.59. The van der Waals surface area contributed by atoms with Crippen molar-refractivity contribution in [1.29, 1.82) is 0 Å². The summed E-state index contributed by atoms with van der Waals surface area (Å²) < 4.78 is 5.86. The molecular formula is C12H23NO. The molecule has 1 unspecified atom stereocenters. The lowest BCUT2D eigenvalue weighted by Crippen LogP contribution is -2.61. The van der Waals surface area contributed by atoms with Gasteiger partial charge in [0.25, 0.3) is 0 Å². The van der Waals surface area contributed by atoms with Gasteiger partial charge in [0.15, 0.2) is 0 Å². The van der Waals surface area contributed by atoms with E-state index in [1.165, 1.54) is 38.6 Å². The Kier molecular flexibility index (Phi) is 3.13. The Labute approximate surface area is 87.6 Å². The lowest BCUT2D eigenvalue weighted by Gasteiger charge is -2.52. The van der Waals surface area contributed by atoms with Crippen LogP contribution < -0.4 is 0 Å². The summed E-state index contributed by atoms with van der Waals surface area (Å²) in [5, 5.41) is 0. The van der Waals surface area contributed by atoms with E-state index >= 15 is 0 Å². The highest BCUT2D eigenvalue weighted by Gasteiger charge is 2.44. The van der Waals surface area contributed by atoms with Gasteiger partial charge in [0.1, 0.15) is 0 Å². The minimum atomic E-state index is 0.394. The minimum Gasteiger partial charge on any atom is -0.375 e. The molecule has 0 aromatic carbocycles. The molecule has 0 radical (unpaired) electrons. The molecule has 14 heavy (non-hydrogen) atoms. The second-order valence-electron chi connectivity index (χ2n) is 4.76. The average Bonchev–Trinajstić information content (AvgIpc) is 2.24. The van der Waals surface area contributed by atoms with Crippen LogP contribution in [0.2, 0.25) is 0 Å². The van der Waals surface area contributed by atoms with E-state index in [-0.39, 0.29) is 0 Å². The second kappa shape index (κ2) is 4.19. The largest absolute Gasteiger partial charge is 0.375 e. The van der Waals surface area contributed by atoms with Crippen molar-refractivity contribution >= 4 is 0 Å². The highest BCUT2D eigenvalue weighted by atomic mass is 16.5. The van der Waals surface area contributed by atoms with E-state index in [2.05, 4.69) is 18.7 Å². The highest BCUT2D eigenvalue weighted by molar-refractivity contribution is 4.99. The quantitative estimate of drug-likeness (QED) is 0.640. The summed E-state index contributed by atoms with van der Waals surface area (Å²) in [5.41, 5.74) is 0.394. The van der Waals surface area contributed by atoms with Crippen molar-refractivity contribution in [3.63, 3.8) is 0 Å². The monoisotopic (exact) mass is 197 g/mol. The molecule has 0 aromatic rings. The van der Waals surface area contributed by atoms with E-state index < -0.39 is 0 Å². The van der Waals surface area contributed by atoms with Crippen molar-refractivity contribution in [2.45, 2.75) is 57.6 Å². The van der Waals surface area contributed by atoms with Crippen LogP contribution in [0.25, 0.3) is 0 Å². The van der Waals surface area contributed by atoms with Gasteiger partial charge in [-0.25, -0.2) is 0 Å². The van der Waals surface area contributed by atoms with Crippen LogP contribution in [0.3, 0.4) is 0 Å². The summed E-state index contributed by atoms with van der Waals surface area (Å²) in [5.74, 6) is 0. The third-order valence-corrected chi connectivity index (χ3v) is 4.22. The first-order valence-electron chi connectivity index (χ1n) is 6.16. The van der Waals surface area contributed by atoms with Crippen molar-refractivity contribution in [3.05, 3.63) is 0 Å². The van der Waals surface area contributed by atoms with Crippen molar-refractivity contribution in [3.8, 4) is 0 Å². The predicted octanol–water partition coefficient (Wildman–Crippen LogP) is 2.43. The number of morpholine rings is 1. The van der Waals surface area contributed by atoms with Crippen molar-refractivity contribution in [1.82, 2.24) is 4.90 Å². The maximum atomic E-state index is 5.86. The van der Waals surface area contributed by atoms with Crippen molar-refractivity contribution in [2.24, 2.45) is 0 Å². The molecule has 0 aromatic heterocycles. The Morgan fingerprint density at radius 1 is 1.29 bits per heavy atom. The molecule has 1 aliphatic carbocycles. The van der Waals surface area contributed by atoms with Crippen LogP contribution in [-0.4, -0.2) is 36.2 Å². The van der Waals surface area contributed by atoms with Crippen molar-refractivity contribution < 1.29 is 4.74 Å². The van der Waals surface area contributed by atoms with Gasteiger partial charge in [-0.15, -0.1) is 0 Å². The van der Waals surface area contributed by atoms with Crippen LogP contribution >= 0.6 is 0 Å².